The number of aryl methyl sites for hydroxylation is 1. The molecular formula is C18H26O2. The first kappa shape index (κ1) is 15.0. The average molecular weight is 274 g/mol. The van der Waals surface area contributed by atoms with Crippen LogP contribution >= 0.6 is 0 Å². The van der Waals surface area contributed by atoms with Gasteiger partial charge < -0.3 is 9.47 Å². The fourth-order valence-electron chi connectivity index (χ4n) is 2.47. The first-order valence-corrected chi connectivity index (χ1v) is 7.69. The summed E-state index contributed by atoms with van der Waals surface area (Å²) in [5, 5.41) is 0. The molecule has 0 spiro atoms. The van der Waals surface area contributed by atoms with E-state index >= 15 is 0 Å². The van der Waals surface area contributed by atoms with E-state index in [0.717, 1.165) is 30.3 Å². The van der Waals surface area contributed by atoms with Gasteiger partial charge in [-0.05, 0) is 56.2 Å². The second kappa shape index (κ2) is 7.37. The number of rotatable bonds is 7. The highest BCUT2D eigenvalue weighted by Crippen LogP contribution is 2.32. The summed E-state index contributed by atoms with van der Waals surface area (Å²) in [7, 11) is 0. The minimum absolute atomic E-state index is 0.355. The van der Waals surface area contributed by atoms with Crippen molar-refractivity contribution < 1.29 is 9.47 Å². The van der Waals surface area contributed by atoms with Gasteiger partial charge in [0.15, 0.2) is 11.5 Å². The van der Waals surface area contributed by atoms with Crippen molar-refractivity contribution in [3.63, 3.8) is 0 Å². The minimum atomic E-state index is 0.355. The predicted molar refractivity (Wildman–Crippen MR) is 83.3 cm³/mol. The molecule has 0 fully saturated rings. The quantitative estimate of drug-likeness (QED) is 0.642. The van der Waals surface area contributed by atoms with Crippen LogP contribution in [0.5, 0.6) is 11.5 Å². The largest absolute Gasteiger partial charge is 0.454 e. The van der Waals surface area contributed by atoms with Gasteiger partial charge in [-0.2, -0.15) is 0 Å². The third-order valence-electron chi connectivity index (χ3n) is 3.72. The third kappa shape index (κ3) is 4.59. The minimum Gasteiger partial charge on any atom is -0.454 e. The van der Waals surface area contributed by atoms with E-state index in [4.69, 9.17) is 9.47 Å². The molecule has 1 aromatic carbocycles. The number of hydrogen-bond acceptors (Lipinski definition) is 2. The van der Waals surface area contributed by atoms with E-state index in [2.05, 4.69) is 39.0 Å². The fraction of sp³-hybridized carbons (Fsp3) is 0.556. The molecule has 0 aliphatic carbocycles. The van der Waals surface area contributed by atoms with Gasteiger partial charge in [0.2, 0.25) is 6.79 Å². The van der Waals surface area contributed by atoms with Crippen LogP contribution in [0.4, 0.5) is 0 Å². The normalized spacial score (nSPS) is 14.1. The van der Waals surface area contributed by atoms with Gasteiger partial charge in [0, 0.05) is 0 Å². The van der Waals surface area contributed by atoms with Crippen molar-refractivity contribution >= 4 is 0 Å². The van der Waals surface area contributed by atoms with E-state index in [9.17, 15) is 0 Å². The lowest BCUT2D eigenvalue weighted by molar-refractivity contribution is 0.174. The summed E-state index contributed by atoms with van der Waals surface area (Å²) in [6.45, 7) is 7.19. The van der Waals surface area contributed by atoms with Crippen molar-refractivity contribution in [1.82, 2.24) is 0 Å². The predicted octanol–water partition coefficient (Wildman–Crippen LogP) is 5.12. The van der Waals surface area contributed by atoms with Gasteiger partial charge in [-0.1, -0.05) is 38.0 Å². The van der Waals surface area contributed by atoms with Crippen molar-refractivity contribution in [2.45, 2.75) is 52.9 Å². The van der Waals surface area contributed by atoms with Crippen LogP contribution in [0.15, 0.2) is 29.8 Å². The van der Waals surface area contributed by atoms with Crippen LogP contribution in [0.2, 0.25) is 0 Å². The molecular weight excluding hydrogens is 248 g/mol. The Morgan fingerprint density at radius 1 is 1.25 bits per heavy atom. The summed E-state index contributed by atoms with van der Waals surface area (Å²) in [6, 6.07) is 6.25. The summed E-state index contributed by atoms with van der Waals surface area (Å²) >= 11 is 0. The maximum atomic E-state index is 5.40. The molecule has 1 heterocycles. The monoisotopic (exact) mass is 274 g/mol. The number of benzene rings is 1. The zero-order chi connectivity index (χ0) is 14.4. The molecule has 0 amide bonds. The van der Waals surface area contributed by atoms with Crippen LogP contribution < -0.4 is 9.47 Å². The summed E-state index contributed by atoms with van der Waals surface area (Å²) in [6.07, 6.45) is 8.42. The van der Waals surface area contributed by atoms with E-state index in [1.165, 1.54) is 30.4 Å². The van der Waals surface area contributed by atoms with E-state index in [1.54, 1.807) is 0 Å². The third-order valence-corrected chi connectivity index (χ3v) is 3.72. The molecule has 2 heteroatoms. The second-order valence-corrected chi connectivity index (χ2v) is 6.06. The van der Waals surface area contributed by atoms with Gasteiger partial charge in [-0.3, -0.25) is 0 Å². The van der Waals surface area contributed by atoms with E-state index in [-0.39, 0.29) is 0 Å². The van der Waals surface area contributed by atoms with Crippen LogP contribution in [-0.4, -0.2) is 6.79 Å². The zero-order valence-corrected chi connectivity index (χ0v) is 12.9. The Morgan fingerprint density at radius 2 is 2.05 bits per heavy atom. The molecule has 20 heavy (non-hydrogen) atoms. The fourth-order valence-corrected chi connectivity index (χ4v) is 2.47. The highest BCUT2D eigenvalue weighted by molar-refractivity contribution is 5.44. The molecule has 0 radical (unpaired) electrons. The van der Waals surface area contributed by atoms with Gasteiger partial charge in [-0.25, -0.2) is 0 Å². The standard InChI is InChI=1S/C18H26O2/c1-14(2)6-4-7-15(3)8-5-9-16-10-11-17-18(12-16)20-13-19-17/h8,10-12,14H,4-7,9,13H2,1-3H3. The lowest BCUT2D eigenvalue weighted by Crippen LogP contribution is -1.92. The molecule has 2 nitrogen and oxygen atoms in total. The van der Waals surface area contributed by atoms with Crippen molar-refractivity contribution in [3.05, 3.63) is 35.4 Å². The van der Waals surface area contributed by atoms with Crippen LogP contribution in [0.3, 0.4) is 0 Å². The lowest BCUT2D eigenvalue weighted by Gasteiger charge is -2.05. The summed E-state index contributed by atoms with van der Waals surface area (Å²) in [5.41, 5.74) is 2.84. The van der Waals surface area contributed by atoms with Crippen molar-refractivity contribution in [2.75, 3.05) is 6.79 Å². The molecule has 1 aliphatic rings. The van der Waals surface area contributed by atoms with Crippen LogP contribution in [0.1, 0.15) is 52.0 Å². The van der Waals surface area contributed by atoms with Crippen LogP contribution in [-0.2, 0) is 6.42 Å². The number of ether oxygens (including phenoxy) is 2. The molecule has 2 rings (SSSR count). The Kier molecular flexibility index (Phi) is 5.51. The first-order valence-electron chi connectivity index (χ1n) is 7.69. The molecule has 0 saturated carbocycles. The van der Waals surface area contributed by atoms with Gasteiger partial charge in [0.1, 0.15) is 0 Å². The highest BCUT2D eigenvalue weighted by Gasteiger charge is 2.12. The summed E-state index contributed by atoms with van der Waals surface area (Å²) < 4.78 is 10.7. The van der Waals surface area contributed by atoms with E-state index < -0.39 is 0 Å². The molecule has 0 bridgehead atoms. The smallest absolute Gasteiger partial charge is 0.231 e. The summed E-state index contributed by atoms with van der Waals surface area (Å²) in [5.74, 6) is 2.57. The van der Waals surface area contributed by atoms with Crippen molar-refractivity contribution in [2.24, 2.45) is 5.92 Å². The number of fused-ring (bicyclic) bond motifs is 1. The SMILES string of the molecule is CC(=CCCc1ccc2c(c1)OCO2)CCCC(C)C. The van der Waals surface area contributed by atoms with Crippen LogP contribution in [0.25, 0.3) is 0 Å². The maximum Gasteiger partial charge on any atom is 0.231 e. The molecule has 0 N–H and O–H groups in total. The number of allylic oxidation sites excluding steroid dienone is 2. The molecule has 0 aromatic heterocycles. The first-order chi connectivity index (χ1) is 9.65. The number of hydrogen-bond donors (Lipinski definition) is 0. The average Bonchev–Trinajstić information content (AvgIpc) is 2.85. The Labute approximate surface area is 122 Å². The van der Waals surface area contributed by atoms with Gasteiger partial charge in [0.25, 0.3) is 0 Å². The molecule has 0 unspecified atom stereocenters. The molecule has 110 valence electrons. The zero-order valence-electron chi connectivity index (χ0n) is 12.9. The molecule has 0 atom stereocenters. The van der Waals surface area contributed by atoms with Crippen LogP contribution in [0, 0.1) is 5.92 Å². The summed E-state index contributed by atoms with van der Waals surface area (Å²) in [4.78, 5) is 0. The van der Waals surface area contributed by atoms with Gasteiger partial charge >= 0.3 is 0 Å². The van der Waals surface area contributed by atoms with E-state index in [0.29, 0.717) is 6.79 Å². The van der Waals surface area contributed by atoms with Crippen molar-refractivity contribution in [1.29, 1.82) is 0 Å². The van der Waals surface area contributed by atoms with Gasteiger partial charge in [0.05, 0.1) is 0 Å². The maximum absolute atomic E-state index is 5.40. The Morgan fingerprint density at radius 3 is 2.85 bits per heavy atom. The highest BCUT2D eigenvalue weighted by atomic mass is 16.7. The lowest BCUT2D eigenvalue weighted by atomic mass is 10.0. The molecule has 0 saturated heterocycles. The van der Waals surface area contributed by atoms with E-state index in [1.807, 2.05) is 6.07 Å². The van der Waals surface area contributed by atoms with Crippen molar-refractivity contribution in [3.8, 4) is 11.5 Å². The Bertz CT molecular complexity index is 460. The molecule has 1 aromatic rings. The second-order valence-electron chi connectivity index (χ2n) is 6.06. The molecule has 1 aliphatic heterocycles. The topological polar surface area (TPSA) is 18.5 Å². The Balaban J connectivity index is 1.74. The Hall–Kier alpha value is -1.44. The van der Waals surface area contributed by atoms with Gasteiger partial charge in [-0.15, -0.1) is 0 Å².